The smallest absolute Gasteiger partial charge is 0.352 e. The first-order valence-electron chi connectivity index (χ1n) is 5.61. The quantitative estimate of drug-likeness (QED) is 0.740. The van der Waals surface area contributed by atoms with Crippen molar-refractivity contribution in [1.29, 1.82) is 0 Å². The number of anilines is 1. The fraction of sp³-hybridized carbons (Fsp3) is 0.700. The highest BCUT2D eigenvalue weighted by Gasteiger charge is 2.18. The maximum Gasteiger partial charge on any atom is 0.363 e. The molecule has 1 aliphatic rings. The Morgan fingerprint density at radius 3 is 2.62 bits per heavy atom. The summed E-state index contributed by atoms with van der Waals surface area (Å²) in [5, 5.41) is 6.28. The van der Waals surface area contributed by atoms with Crippen molar-refractivity contribution in [1.82, 2.24) is 20.1 Å². The molecule has 88 valence electrons. The molecule has 0 atom stereocenters. The monoisotopic (exact) mass is 223 g/mol. The Kier molecular flexibility index (Phi) is 3.19. The molecule has 1 aliphatic heterocycles. The second-order valence-corrected chi connectivity index (χ2v) is 3.97. The van der Waals surface area contributed by atoms with Crippen molar-refractivity contribution < 1.29 is 0 Å². The average molecular weight is 223 g/mol. The van der Waals surface area contributed by atoms with Crippen LogP contribution in [0, 0.1) is 6.92 Å². The topological polar surface area (TPSA) is 65.1 Å². The van der Waals surface area contributed by atoms with Gasteiger partial charge in [0.2, 0.25) is 0 Å². The number of nitrogens with one attached hydrogen (secondary N) is 1. The number of nitrogens with zero attached hydrogens (tertiary/aromatic N) is 4. The first-order valence-corrected chi connectivity index (χ1v) is 5.61. The highest BCUT2D eigenvalue weighted by Crippen LogP contribution is 2.14. The molecule has 0 bridgehead atoms. The second kappa shape index (κ2) is 4.61. The van der Waals surface area contributed by atoms with Crippen LogP contribution in [0.25, 0.3) is 0 Å². The highest BCUT2D eigenvalue weighted by atomic mass is 16.1. The van der Waals surface area contributed by atoms with Crippen LogP contribution in [-0.2, 0) is 0 Å². The zero-order valence-electron chi connectivity index (χ0n) is 9.73. The van der Waals surface area contributed by atoms with Gasteiger partial charge in [0.1, 0.15) is 5.69 Å². The van der Waals surface area contributed by atoms with Crippen LogP contribution in [0.3, 0.4) is 0 Å². The van der Waals surface area contributed by atoms with Crippen LogP contribution >= 0.6 is 0 Å². The van der Waals surface area contributed by atoms with E-state index >= 15 is 0 Å². The summed E-state index contributed by atoms with van der Waals surface area (Å²) in [7, 11) is 0. The van der Waals surface area contributed by atoms with Crippen molar-refractivity contribution in [2.45, 2.75) is 13.8 Å². The van der Waals surface area contributed by atoms with Gasteiger partial charge in [0, 0.05) is 26.2 Å². The molecule has 16 heavy (non-hydrogen) atoms. The summed E-state index contributed by atoms with van der Waals surface area (Å²) in [5.74, 6) is 0.722. The van der Waals surface area contributed by atoms with E-state index in [1.807, 2.05) is 6.92 Å². The molecular weight excluding hydrogens is 206 g/mol. The maximum atomic E-state index is 11.1. The van der Waals surface area contributed by atoms with E-state index in [1.54, 1.807) is 0 Å². The van der Waals surface area contributed by atoms with Crippen LogP contribution < -0.4 is 10.6 Å². The molecule has 0 aliphatic carbocycles. The van der Waals surface area contributed by atoms with E-state index in [0.717, 1.165) is 44.2 Å². The third kappa shape index (κ3) is 2.21. The molecule has 1 aromatic rings. The molecule has 6 nitrogen and oxygen atoms in total. The van der Waals surface area contributed by atoms with E-state index in [9.17, 15) is 4.79 Å². The minimum atomic E-state index is -0.376. The summed E-state index contributed by atoms with van der Waals surface area (Å²) in [6, 6.07) is 0. The number of piperazine rings is 1. The Bertz CT molecular complexity index is 408. The van der Waals surface area contributed by atoms with Crippen molar-refractivity contribution in [3.05, 3.63) is 16.2 Å². The summed E-state index contributed by atoms with van der Waals surface area (Å²) >= 11 is 0. The summed E-state index contributed by atoms with van der Waals surface area (Å²) in [6.45, 7) is 8.96. The zero-order valence-corrected chi connectivity index (χ0v) is 9.73. The van der Waals surface area contributed by atoms with Crippen molar-refractivity contribution in [3.63, 3.8) is 0 Å². The van der Waals surface area contributed by atoms with E-state index in [2.05, 4.69) is 31.9 Å². The van der Waals surface area contributed by atoms with E-state index in [4.69, 9.17) is 0 Å². The molecule has 2 rings (SSSR count). The number of likely N-dealkylation sites (N-methyl/N-ethyl adjacent to an activating group) is 1. The predicted molar refractivity (Wildman–Crippen MR) is 61.7 cm³/mol. The molecule has 1 saturated heterocycles. The van der Waals surface area contributed by atoms with E-state index < -0.39 is 0 Å². The van der Waals surface area contributed by atoms with Gasteiger partial charge in [-0.1, -0.05) is 6.92 Å². The van der Waals surface area contributed by atoms with E-state index in [-0.39, 0.29) is 5.69 Å². The van der Waals surface area contributed by atoms with Crippen LogP contribution in [0.2, 0.25) is 0 Å². The Labute approximate surface area is 94.3 Å². The standard InChI is InChI=1S/C10H17N5O/c1-3-14-4-6-15(7-5-14)9-8(2)12-13-10(16)11-9/h3-7H2,1-2H3,(H,11,13,16). The van der Waals surface area contributed by atoms with Crippen LogP contribution in [0.5, 0.6) is 0 Å². The number of aromatic nitrogens is 3. The summed E-state index contributed by atoms with van der Waals surface area (Å²) in [6.07, 6.45) is 0. The molecule has 2 heterocycles. The molecule has 1 fully saturated rings. The summed E-state index contributed by atoms with van der Waals surface area (Å²) < 4.78 is 0. The fourth-order valence-electron chi connectivity index (χ4n) is 1.96. The molecular formula is C10H17N5O. The van der Waals surface area contributed by atoms with Gasteiger partial charge in [-0.25, -0.2) is 9.89 Å². The number of hydrogen-bond donors (Lipinski definition) is 1. The molecule has 0 spiro atoms. The average Bonchev–Trinajstić information content (AvgIpc) is 2.32. The van der Waals surface area contributed by atoms with Gasteiger partial charge in [0.15, 0.2) is 5.82 Å². The molecule has 0 unspecified atom stereocenters. The molecule has 0 saturated carbocycles. The van der Waals surface area contributed by atoms with Crippen molar-refractivity contribution in [3.8, 4) is 0 Å². The number of rotatable bonds is 2. The van der Waals surface area contributed by atoms with Crippen LogP contribution in [0.1, 0.15) is 12.6 Å². The van der Waals surface area contributed by atoms with Crippen LogP contribution in [-0.4, -0.2) is 52.8 Å². The molecule has 0 radical (unpaired) electrons. The minimum Gasteiger partial charge on any atom is -0.352 e. The molecule has 1 N–H and O–H groups in total. The molecule has 0 aromatic carbocycles. The highest BCUT2D eigenvalue weighted by molar-refractivity contribution is 5.41. The Morgan fingerprint density at radius 2 is 2.00 bits per heavy atom. The predicted octanol–water partition coefficient (Wildman–Crippen LogP) is -0.385. The Hall–Kier alpha value is -1.43. The third-order valence-electron chi connectivity index (χ3n) is 2.97. The number of H-pyrrole nitrogens is 1. The second-order valence-electron chi connectivity index (χ2n) is 3.97. The maximum absolute atomic E-state index is 11.1. The summed E-state index contributed by atoms with van der Waals surface area (Å²) in [5.41, 5.74) is 0.406. The lowest BCUT2D eigenvalue weighted by atomic mass is 10.3. The van der Waals surface area contributed by atoms with Gasteiger partial charge >= 0.3 is 5.69 Å². The van der Waals surface area contributed by atoms with Gasteiger partial charge in [0.25, 0.3) is 0 Å². The van der Waals surface area contributed by atoms with Crippen molar-refractivity contribution in [2.24, 2.45) is 0 Å². The van der Waals surface area contributed by atoms with Crippen LogP contribution in [0.4, 0.5) is 5.82 Å². The van der Waals surface area contributed by atoms with Gasteiger partial charge in [-0.05, 0) is 13.5 Å². The van der Waals surface area contributed by atoms with E-state index in [0.29, 0.717) is 0 Å². The van der Waals surface area contributed by atoms with Gasteiger partial charge < -0.3 is 9.80 Å². The van der Waals surface area contributed by atoms with Crippen molar-refractivity contribution in [2.75, 3.05) is 37.6 Å². The molecule has 1 aromatic heterocycles. The van der Waals surface area contributed by atoms with Gasteiger partial charge in [-0.2, -0.15) is 10.1 Å². The van der Waals surface area contributed by atoms with Crippen LogP contribution in [0.15, 0.2) is 4.79 Å². The fourth-order valence-corrected chi connectivity index (χ4v) is 1.96. The van der Waals surface area contributed by atoms with Gasteiger partial charge in [-0.15, -0.1) is 0 Å². The largest absolute Gasteiger partial charge is 0.363 e. The summed E-state index contributed by atoms with van der Waals surface area (Å²) in [4.78, 5) is 19.6. The number of aromatic amines is 1. The number of hydrogen-bond acceptors (Lipinski definition) is 5. The lowest BCUT2D eigenvalue weighted by Gasteiger charge is -2.34. The van der Waals surface area contributed by atoms with Crippen molar-refractivity contribution >= 4 is 5.82 Å². The normalized spacial score (nSPS) is 17.8. The third-order valence-corrected chi connectivity index (χ3v) is 2.97. The number of aryl methyl sites for hydroxylation is 1. The SMILES string of the molecule is CCN1CCN(c2nc(=O)[nH]nc2C)CC1. The molecule has 6 heteroatoms. The zero-order chi connectivity index (χ0) is 11.5. The first-order chi connectivity index (χ1) is 7.70. The van der Waals surface area contributed by atoms with Gasteiger partial charge in [-0.3, -0.25) is 0 Å². The Morgan fingerprint density at radius 1 is 1.31 bits per heavy atom. The molecule has 0 amide bonds. The van der Waals surface area contributed by atoms with E-state index in [1.165, 1.54) is 0 Å². The minimum absolute atomic E-state index is 0.376. The lowest BCUT2D eigenvalue weighted by molar-refractivity contribution is 0.270. The first kappa shape index (κ1) is 11.1. The van der Waals surface area contributed by atoms with Gasteiger partial charge in [0.05, 0.1) is 0 Å². The lowest BCUT2D eigenvalue weighted by Crippen LogP contribution is -2.47. The Balaban J connectivity index is 2.13.